The van der Waals surface area contributed by atoms with Crippen molar-refractivity contribution in [2.45, 2.75) is 129 Å². The number of esters is 1. The first-order valence-corrected chi connectivity index (χ1v) is 15.8. The fourth-order valence-corrected chi connectivity index (χ4v) is 9.58. The minimum atomic E-state index is -0.00210. The van der Waals surface area contributed by atoms with Crippen molar-refractivity contribution < 1.29 is 9.53 Å². The molecule has 2 nitrogen and oxygen atoms in total. The number of hydrogen-bond acceptors (Lipinski definition) is 2. The summed E-state index contributed by atoms with van der Waals surface area (Å²) < 4.78 is 6.27. The van der Waals surface area contributed by atoms with Crippen LogP contribution in [-0.4, -0.2) is 16.0 Å². The van der Waals surface area contributed by atoms with Gasteiger partial charge in [0, 0.05) is 10.3 Å². The van der Waals surface area contributed by atoms with E-state index in [1.165, 1.54) is 57.8 Å². The van der Waals surface area contributed by atoms with E-state index < -0.39 is 0 Å². The minimum absolute atomic E-state index is 0.00210. The summed E-state index contributed by atoms with van der Waals surface area (Å²) in [5.74, 6) is 5.28. The first kappa shape index (κ1) is 27.0. The van der Waals surface area contributed by atoms with Gasteiger partial charge >= 0.3 is 5.97 Å². The predicted molar refractivity (Wildman–Crippen MR) is 151 cm³/mol. The highest BCUT2D eigenvalue weighted by Crippen LogP contribution is 2.67. The largest absolute Gasteiger partial charge is 0.462 e. The predicted octanol–water partition coefficient (Wildman–Crippen LogP) is 9.15. The number of halogens is 1. The molecule has 194 valence electrons. The van der Waals surface area contributed by atoms with Crippen LogP contribution >= 0.6 is 22.6 Å². The lowest BCUT2D eigenvalue weighted by Crippen LogP contribution is -2.51. The lowest BCUT2D eigenvalue weighted by Gasteiger charge is -2.58. The third-order valence-corrected chi connectivity index (χ3v) is 11.4. The lowest BCUT2D eigenvalue weighted by molar-refractivity contribution is -0.151. The maximum Gasteiger partial charge on any atom is 0.307 e. The molecule has 3 fully saturated rings. The third kappa shape index (κ3) is 5.30. The number of alkyl halides is 1. The Morgan fingerprint density at radius 2 is 1.82 bits per heavy atom. The van der Waals surface area contributed by atoms with Crippen molar-refractivity contribution in [1.29, 1.82) is 0 Å². The number of hydrogen-bond donors (Lipinski definition) is 0. The van der Waals surface area contributed by atoms with Crippen LogP contribution in [0.15, 0.2) is 11.6 Å². The number of rotatable bonds is 8. The van der Waals surface area contributed by atoms with E-state index in [2.05, 4.69) is 70.2 Å². The first-order valence-electron chi connectivity index (χ1n) is 14.6. The van der Waals surface area contributed by atoms with E-state index in [0.29, 0.717) is 21.2 Å². The zero-order chi connectivity index (χ0) is 24.7. The van der Waals surface area contributed by atoms with Crippen molar-refractivity contribution in [3.63, 3.8) is 0 Å². The van der Waals surface area contributed by atoms with Gasteiger partial charge in [-0.25, -0.2) is 0 Å². The second kappa shape index (κ2) is 10.7. The standard InChI is InChI=1S/C31H51IO2/c1-20(2)8-7-9-21(3)26-12-13-27-25-11-10-23-19-24(34-29(33)18-22(4)32)14-16-30(23,5)28(25)15-17-31(26,27)6/h10,20-22,24-28H,7-9,11-19H2,1-6H3/t21-,22+,24+,25-,26+,27-,28-,30+,31-/m1/s1. The molecule has 0 aromatic heterocycles. The molecule has 0 N–H and O–H groups in total. The molecule has 0 heterocycles. The highest BCUT2D eigenvalue weighted by Gasteiger charge is 2.59. The van der Waals surface area contributed by atoms with E-state index in [9.17, 15) is 4.79 Å². The topological polar surface area (TPSA) is 26.3 Å². The van der Waals surface area contributed by atoms with Gasteiger partial charge in [-0.2, -0.15) is 0 Å². The van der Waals surface area contributed by atoms with Crippen LogP contribution in [0, 0.1) is 46.3 Å². The number of allylic oxidation sites excluding steroid dienone is 1. The summed E-state index contributed by atoms with van der Waals surface area (Å²) in [6.45, 7) is 14.7. The Labute approximate surface area is 224 Å². The average molecular weight is 583 g/mol. The van der Waals surface area contributed by atoms with Gasteiger partial charge < -0.3 is 4.74 Å². The van der Waals surface area contributed by atoms with Crippen molar-refractivity contribution in [1.82, 2.24) is 0 Å². The zero-order valence-electron chi connectivity index (χ0n) is 22.9. The van der Waals surface area contributed by atoms with E-state index in [4.69, 9.17) is 4.74 Å². The van der Waals surface area contributed by atoms with Crippen LogP contribution < -0.4 is 0 Å². The lowest BCUT2D eigenvalue weighted by atomic mass is 9.47. The molecular weight excluding hydrogens is 531 g/mol. The number of fused-ring (bicyclic) bond motifs is 5. The first-order chi connectivity index (χ1) is 16.0. The summed E-state index contributed by atoms with van der Waals surface area (Å²) >= 11 is 2.32. The summed E-state index contributed by atoms with van der Waals surface area (Å²) in [5, 5.41) is 0. The van der Waals surface area contributed by atoms with E-state index >= 15 is 0 Å². The van der Waals surface area contributed by atoms with Gasteiger partial charge in [-0.05, 0) is 91.3 Å². The van der Waals surface area contributed by atoms with Crippen molar-refractivity contribution >= 4 is 28.6 Å². The highest BCUT2D eigenvalue weighted by molar-refractivity contribution is 14.1. The number of carbonyl (C=O) groups excluding carboxylic acids is 1. The van der Waals surface area contributed by atoms with Crippen LogP contribution in [-0.2, 0) is 9.53 Å². The molecule has 0 unspecified atom stereocenters. The molecule has 4 aliphatic carbocycles. The van der Waals surface area contributed by atoms with Crippen molar-refractivity contribution in [2.75, 3.05) is 0 Å². The van der Waals surface area contributed by atoms with Crippen molar-refractivity contribution in [3.05, 3.63) is 11.6 Å². The Morgan fingerprint density at radius 3 is 2.53 bits per heavy atom. The number of carbonyl (C=O) groups is 1. The monoisotopic (exact) mass is 582 g/mol. The second-order valence-electron chi connectivity index (χ2n) is 13.6. The van der Waals surface area contributed by atoms with Crippen LogP contribution in [0.1, 0.15) is 119 Å². The summed E-state index contributed by atoms with van der Waals surface area (Å²) in [5.41, 5.74) is 2.52. The van der Waals surface area contributed by atoms with E-state index in [1.54, 1.807) is 5.57 Å². The van der Waals surface area contributed by atoms with Gasteiger partial charge in [-0.3, -0.25) is 4.79 Å². The normalized spacial score (nSPS) is 41.2. The minimum Gasteiger partial charge on any atom is -0.462 e. The van der Waals surface area contributed by atoms with Crippen LogP contribution in [0.25, 0.3) is 0 Å². The molecule has 34 heavy (non-hydrogen) atoms. The molecule has 9 atom stereocenters. The van der Waals surface area contributed by atoms with Gasteiger partial charge in [-0.15, -0.1) is 0 Å². The summed E-state index contributed by atoms with van der Waals surface area (Å²) in [7, 11) is 0. The van der Waals surface area contributed by atoms with Gasteiger partial charge in [0.2, 0.25) is 0 Å². The molecule has 0 radical (unpaired) electrons. The molecule has 0 aromatic carbocycles. The Bertz CT molecular complexity index is 757. The maximum atomic E-state index is 12.3. The molecular formula is C31H51IO2. The summed E-state index contributed by atoms with van der Waals surface area (Å²) in [4.78, 5) is 12.3. The van der Waals surface area contributed by atoms with E-state index in [0.717, 1.165) is 48.3 Å². The molecule has 3 heteroatoms. The van der Waals surface area contributed by atoms with Crippen LogP contribution in [0.3, 0.4) is 0 Å². The molecule has 0 aromatic rings. The van der Waals surface area contributed by atoms with E-state index in [-0.39, 0.29) is 12.1 Å². The molecule has 0 spiro atoms. The van der Waals surface area contributed by atoms with Gasteiger partial charge in [0.25, 0.3) is 0 Å². The van der Waals surface area contributed by atoms with Crippen LogP contribution in [0.2, 0.25) is 0 Å². The zero-order valence-corrected chi connectivity index (χ0v) is 25.0. The second-order valence-corrected chi connectivity index (χ2v) is 15.8. The maximum absolute atomic E-state index is 12.3. The Morgan fingerprint density at radius 1 is 1.06 bits per heavy atom. The molecule has 0 amide bonds. The average Bonchev–Trinajstić information content (AvgIpc) is 3.10. The van der Waals surface area contributed by atoms with Gasteiger partial charge in [0.15, 0.2) is 0 Å². The van der Waals surface area contributed by atoms with E-state index in [1.807, 2.05) is 0 Å². The molecule has 4 rings (SSSR count). The smallest absolute Gasteiger partial charge is 0.307 e. The fraction of sp³-hybridized carbons (Fsp3) is 0.903. The quantitative estimate of drug-likeness (QED) is 0.123. The Hall–Kier alpha value is -0.0600. The SMILES string of the molecule is CC(C)CCC[C@@H](C)[C@@H]1CC[C@@H]2[C@H]3CC=C4C[C@@H](OC(=O)C[C@H](C)I)CC[C@]4(C)[C@@H]3CC[C@@]21C. The molecule has 3 saturated carbocycles. The molecule has 0 bridgehead atoms. The van der Waals surface area contributed by atoms with Crippen LogP contribution in [0.5, 0.6) is 0 Å². The number of ether oxygens (including phenoxy) is 1. The summed E-state index contributed by atoms with van der Waals surface area (Å²) in [6, 6.07) is 0. The van der Waals surface area contributed by atoms with Gasteiger partial charge in [-0.1, -0.05) is 95.0 Å². The van der Waals surface area contributed by atoms with Gasteiger partial charge in [0.1, 0.15) is 6.10 Å². The van der Waals surface area contributed by atoms with Gasteiger partial charge in [0.05, 0.1) is 6.42 Å². The van der Waals surface area contributed by atoms with Crippen LogP contribution in [0.4, 0.5) is 0 Å². The summed E-state index contributed by atoms with van der Waals surface area (Å²) in [6.07, 6.45) is 17.8. The third-order valence-electron chi connectivity index (χ3n) is 11.0. The van der Waals surface area contributed by atoms with Crippen molar-refractivity contribution in [2.24, 2.45) is 46.3 Å². The Kier molecular flexibility index (Phi) is 8.52. The molecule has 4 aliphatic rings. The van der Waals surface area contributed by atoms with Crippen molar-refractivity contribution in [3.8, 4) is 0 Å². The fourth-order valence-electron chi connectivity index (χ4n) is 9.22. The molecule has 0 saturated heterocycles. The Balaban J connectivity index is 1.42. The highest BCUT2D eigenvalue weighted by atomic mass is 127. The molecule has 0 aliphatic heterocycles.